The first kappa shape index (κ1) is 38.8. The number of hydrogen-bond donors (Lipinski definition) is 0. The predicted octanol–water partition coefficient (Wildman–Crippen LogP) is 1.80. The van der Waals surface area contributed by atoms with Gasteiger partial charge in [0.2, 0.25) is 0 Å². The minimum atomic E-state index is -0.672. The van der Waals surface area contributed by atoms with Crippen molar-refractivity contribution in [3.63, 3.8) is 0 Å². The van der Waals surface area contributed by atoms with Crippen molar-refractivity contribution < 1.29 is 28.8 Å². The van der Waals surface area contributed by atoms with Crippen molar-refractivity contribution in [2.24, 2.45) is 0 Å². The molecule has 0 fully saturated rings. The van der Waals surface area contributed by atoms with Crippen LogP contribution in [0.1, 0.15) is 97.8 Å². The Kier molecular flexibility index (Phi) is 13.6. The van der Waals surface area contributed by atoms with Gasteiger partial charge in [-0.25, -0.2) is 28.1 Å². The van der Waals surface area contributed by atoms with Gasteiger partial charge in [-0.2, -0.15) is 0 Å². The highest BCUT2D eigenvalue weighted by Crippen LogP contribution is 2.16. The van der Waals surface area contributed by atoms with Gasteiger partial charge in [-0.1, -0.05) is 38.5 Å². The summed E-state index contributed by atoms with van der Waals surface area (Å²) in [7, 11) is 0. The highest BCUT2D eigenvalue weighted by molar-refractivity contribution is 6.17. The maximum atomic E-state index is 13.4. The van der Waals surface area contributed by atoms with Crippen LogP contribution in [0.4, 0.5) is 0 Å². The summed E-state index contributed by atoms with van der Waals surface area (Å²) in [5, 5.41) is 0. The molecular weight excluding hydrogens is 660 g/mol. The lowest BCUT2D eigenvalue weighted by molar-refractivity contribution is -0.138. The standard InChI is InChI=1S/C36H48N6O9/c1-25-22-28(43)37(31(25)46)16-10-4-7-13-19-40-34(49)41(20-14-8-5-11-17-38-29(44)23-26(2)32(38)47)36(51)42(35(40)50)21-15-9-6-12-18-39-30(45)24-27(3)33(39)48/h22-24H,4-21H2,1-3H3. The van der Waals surface area contributed by atoms with E-state index in [9.17, 15) is 43.2 Å². The van der Waals surface area contributed by atoms with Gasteiger partial charge in [-0.05, 0) is 59.3 Å². The van der Waals surface area contributed by atoms with Gasteiger partial charge < -0.3 is 0 Å². The third-order valence-corrected chi connectivity index (χ3v) is 9.49. The van der Waals surface area contributed by atoms with Gasteiger partial charge in [0.05, 0.1) is 0 Å². The maximum absolute atomic E-state index is 13.4. The van der Waals surface area contributed by atoms with E-state index in [1.54, 1.807) is 20.8 Å². The summed E-state index contributed by atoms with van der Waals surface area (Å²) in [6.45, 7) is 6.02. The van der Waals surface area contributed by atoms with E-state index >= 15 is 0 Å². The van der Waals surface area contributed by atoms with Crippen molar-refractivity contribution >= 4 is 35.4 Å². The van der Waals surface area contributed by atoms with Crippen LogP contribution < -0.4 is 17.1 Å². The Morgan fingerprint density at radius 2 is 0.549 bits per heavy atom. The van der Waals surface area contributed by atoms with Gasteiger partial charge in [-0.3, -0.25) is 43.5 Å². The summed E-state index contributed by atoms with van der Waals surface area (Å²) in [5.41, 5.74) is -0.775. The number of imide groups is 3. The Morgan fingerprint density at radius 3 is 0.745 bits per heavy atom. The smallest absolute Gasteiger partial charge is 0.275 e. The molecule has 1 aromatic rings. The van der Waals surface area contributed by atoms with Crippen molar-refractivity contribution in [1.82, 2.24) is 28.4 Å². The molecular formula is C36H48N6O9. The van der Waals surface area contributed by atoms with Gasteiger partial charge in [0.1, 0.15) is 0 Å². The largest absolute Gasteiger partial charge is 0.336 e. The molecule has 0 unspecified atom stereocenters. The van der Waals surface area contributed by atoms with Crippen LogP contribution in [0.15, 0.2) is 49.3 Å². The van der Waals surface area contributed by atoms with Crippen molar-refractivity contribution in [2.45, 2.75) is 117 Å². The van der Waals surface area contributed by atoms with E-state index in [-0.39, 0.29) is 55.1 Å². The summed E-state index contributed by atoms with van der Waals surface area (Å²) in [6, 6.07) is 0. The highest BCUT2D eigenvalue weighted by atomic mass is 16.2. The average Bonchev–Trinajstić information content (AvgIpc) is 3.59. The van der Waals surface area contributed by atoms with Crippen LogP contribution in [-0.4, -0.2) is 83.5 Å². The van der Waals surface area contributed by atoms with Crippen molar-refractivity contribution in [3.05, 3.63) is 66.4 Å². The van der Waals surface area contributed by atoms with Crippen LogP contribution >= 0.6 is 0 Å². The summed E-state index contributed by atoms with van der Waals surface area (Å²) >= 11 is 0. The SMILES string of the molecule is CC1=CC(=O)N(CCCCCCn2c(=O)n(CCCCCCN3C(=O)C=C(C)C3=O)c(=O)n(CCCCCCN3C(=O)C=C(C)C3=O)c2=O)C1=O. The molecule has 6 amide bonds. The molecule has 3 aliphatic rings. The molecule has 0 aromatic carbocycles. The molecule has 0 saturated heterocycles. The second-order valence-corrected chi connectivity index (χ2v) is 13.4. The predicted molar refractivity (Wildman–Crippen MR) is 186 cm³/mol. The minimum Gasteiger partial charge on any atom is -0.275 e. The lowest BCUT2D eigenvalue weighted by atomic mass is 10.2. The van der Waals surface area contributed by atoms with E-state index in [0.29, 0.717) is 113 Å². The molecule has 51 heavy (non-hydrogen) atoms. The molecule has 0 N–H and O–H groups in total. The molecule has 0 saturated carbocycles. The zero-order valence-electron chi connectivity index (χ0n) is 29.8. The average molecular weight is 709 g/mol. The first-order valence-corrected chi connectivity index (χ1v) is 17.9. The van der Waals surface area contributed by atoms with E-state index < -0.39 is 17.1 Å². The van der Waals surface area contributed by atoms with Crippen molar-refractivity contribution in [2.75, 3.05) is 19.6 Å². The Hall–Kier alpha value is -4.95. The van der Waals surface area contributed by atoms with Crippen LogP contribution in [-0.2, 0) is 48.4 Å². The number of nitrogens with zero attached hydrogens (tertiary/aromatic N) is 6. The van der Waals surface area contributed by atoms with Crippen molar-refractivity contribution in [1.29, 1.82) is 0 Å². The second kappa shape index (κ2) is 17.8. The van der Waals surface area contributed by atoms with Crippen molar-refractivity contribution in [3.8, 4) is 0 Å². The zero-order valence-corrected chi connectivity index (χ0v) is 29.8. The Labute approximate surface area is 295 Å². The number of hydrogen-bond acceptors (Lipinski definition) is 9. The number of aromatic nitrogens is 3. The third kappa shape index (κ3) is 9.44. The van der Waals surface area contributed by atoms with E-state index in [0.717, 1.165) is 13.7 Å². The Morgan fingerprint density at radius 1 is 0.333 bits per heavy atom. The van der Waals surface area contributed by atoms with E-state index in [1.165, 1.54) is 32.9 Å². The number of carbonyl (C=O) groups excluding carboxylic acids is 6. The fourth-order valence-corrected chi connectivity index (χ4v) is 6.49. The first-order chi connectivity index (χ1) is 24.3. The number of carbonyl (C=O) groups is 6. The molecule has 4 rings (SSSR count). The number of unbranched alkanes of at least 4 members (excludes halogenated alkanes) is 9. The number of amides is 6. The van der Waals surface area contributed by atoms with Gasteiger partial charge >= 0.3 is 17.1 Å². The van der Waals surface area contributed by atoms with Crippen LogP contribution in [0.5, 0.6) is 0 Å². The van der Waals surface area contributed by atoms with Crippen LogP contribution in [0.2, 0.25) is 0 Å². The van der Waals surface area contributed by atoms with E-state index in [1.807, 2.05) is 0 Å². The van der Waals surface area contributed by atoms with E-state index in [2.05, 4.69) is 0 Å². The minimum absolute atomic E-state index is 0.108. The monoisotopic (exact) mass is 708 g/mol. The fourth-order valence-electron chi connectivity index (χ4n) is 6.49. The Balaban J connectivity index is 1.32. The molecule has 1 aromatic heterocycles. The molecule has 3 aliphatic heterocycles. The van der Waals surface area contributed by atoms with Gasteiger partial charge in [0.15, 0.2) is 0 Å². The quantitative estimate of drug-likeness (QED) is 0.136. The second-order valence-electron chi connectivity index (χ2n) is 13.4. The third-order valence-electron chi connectivity index (χ3n) is 9.49. The summed E-state index contributed by atoms with van der Waals surface area (Å²) in [6.07, 6.45) is 11.1. The summed E-state index contributed by atoms with van der Waals surface area (Å²) < 4.78 is 3.30. The van der Waals surface area contributed by atoms with E-state index in [4.69, 9.17) is 0 Å². The molecule has 0 spiro atoms. The highest BCUT2D eigenvalue weighted by Gasteiger charge is 2.29. The van der Waals surface area contributed by atoms with Gasteiger partial charge in [-0.15, -0.1) is 0 Å². The lowest BCUT2D eigenvalue weighted by Gasteiger charge is -2.16. The van der Waals surface area contributed by atoms with Crippen LogP contribution in [0.25, 0.3) is 0 Å². The number of rotatable bonds is 21. The van der Waals surface area contributed by atoms with Gasteiger partial charge in [0.25, 0.3) is 35.4 Å². The normalized spacial score (nSPS) is 16.3. The molecule has 0 aliphatic carbocycles. The fraction of sp³-hybridized carbons (Fsp3) is 0.583. The van der Waals surface area contributed by atoms with Crippen LogP contribution in [0.3, 0.4) is 0 Å². The maximum Gasteiger partial charge on any atom is 0.336 e. The molecule has 15 heteroatoms. The molecule has 0 bridgehead atoms. The topological polar surface area (TPSA) is 178 Å². The Bertz CT molecular complexity index is 1600. The van der Waals surface area contributed by atoms with Crippen LogP contribution in [0, 0.1) is 0 Å². The molecule has 0 radical (unpaired) electrons. The summed E-state index contributed by atoms with van der Waals surface area (Å²) in [5.74, 6) is -1.83. The molecule has 276 valence electrons. The lowest BCUT2D eigenvalue weighted by Crippen LogP contribution is -2.54. The molecule has 4 heterocycles. The van der Waals surface area contributed by atoms with Gasteiger partial charge in [0, 0.05) is 74.2 Å². The molecule has 15 nitrogen and oxygen atoms in total. The first-order valence-electron chi connectivity index (χ1n) is 17.9. The molecule has 0 atom stereocenters. The zero-order chi connectivity index (χ0) is 37.2. The summed E-state index contributed by atoms with van der Waals surface area (Å²) in [4.78, 5) is 116.